The molecular weight excluding hydrogens is 134 g/mol. The van der Waals surface area contributed by atoms with Crippen LogP contribution in [0.1, 0.15) is 20.3 Å². The molecule has 0 aromatic heterocycles. The van der Waals surface area contributed by atoms with Crippen LogP contribution in [0.3, 0.4) is 0 Å². The maximum absolute atomic E-state index is 5.70. The van der Waals surface area contributed by atoms with E-state index in [0.717, 1.165) is 11.5 Å². The molecule has 0 atom stereocenters. The van der Waals surface area contributed by atoms with E-state index < -0.39 is 0 Å². The van der Waals surface area contributed by atoms with Crippen LogP contribution in [0, 0.1) is 5.92 Å². The van der Waals surface area contributed by atoms with E-state index in [1.54, 1.807) is 6.20 Å². The number of rotatable bonds is 1. The predicted octanol–water partition coefficient (Wildman–Crippen LogP) is 2.57. The van der Waals surface area contributed by atoms with E-state index in [9.17, 15) is 0 Å². The van der Waals surface area contributed by atoms with E-state index in [1.807, 2.05) is 0 Å². The average Bonchev–Trinajstić information content (AvgIpc) is 2.14. The number of aliphatic imine (C=N–C) groups is 1. The zero-order chi connectivity index (χ0) is 6.85. The standard InChI is InChI=1S/C7H10ClN/c1-5(2)7-3-6(8)4-9-7/h4-5H,3H2,1-2H3. The Morgan fingerprint density at radius 3 is 2.56 bits per heavy atom. The smallest absolute Gasteiger partial charge is 0.0419 e. The molecule has 0 aliphatic carbocycles. The molecule has 0 unspecified atom stereocenters. The molecule has 50 valence electrons. The van der Waals surface area contributed by atoms with Gasteiger partial charge in [-0.25, -0.2) is 0 Å². The molecular formula is C7H10ClN. The highest BCUT2D eigenvalue weighted by Gasteiger charge is 2.10. The van der Waals surface area contributed by atoms with E-state index in [2.05, 4.69) is 18.8 Å². The molecule has 0 aromatic carbocycles. The normalized spacial score (nSPS) is 18.2. The van der Waals surface area contributed by atoms with E-state index >= 15 is 0 Å². The van der Waals surface area contributed by atoms with Crippen molar-refractivity contribution < 1.29 is 0 Å². The third kappa shape index (κ3) is 1.55. The van der Waals surface area contributed by atoms with Crippen LogP contribution in [0.15, 0.2) is 16.2 Å². The molecule has 1 aliphatic rings. The lowest BCUT2D eigenvalue weighted by Gasteiger charge is -2.01. The van der Waals surface area contributed by atoms with Crippen molar-refractivity contribution in [2.24, 2.45) is 10.9 Å². The van der Waals surface area contributed by atoms with E-state index in [-0.39, 0.29) is 0 Å². The zero-order valence-corrected chi connectivity index (χ0v) is 6.44. The predicted molar refractivity (Wildman–Crippen MR) is 40.8 cm³/mol. The molecule has 0 saturated heterocycles. The second-order valence-corrected chi connectivity index (χ2v) is 3.01. The summed E-state index contributed by atoms with van der Waals surface area (Å²) in [5, 5.41) is 0.860. The summed E-state index contributed by atoms with van der Waals surface area (Å²) >= 11 is 5.70. The summed E-state index contributed by atoms with van der Waals surface area (Å²) in [6.07, 6.45) is 2.59. The van der Waals surface area contributed by atoms with Gasteiger partial charge in [-0.15, -0.1) is 0 Å². The van der Waals surface area contributed by atoms with Crippen LogP contribution in [0.25, 0.3) is 0 Å². The van der Waals surface area contributed by atoms with E-state index in [1.165, 1.54) is 5.71 Å². The van der Waals surface area contributed by atoms with Gasteiger partial charge in [-0.1, -0.05) is 25.4 Å². The van der Waals surface area contributed by atoms with Crippen molar-refractivity contribution in [1.29, 1.82) is 0 Å². The molecule has 0 aromatic rings. The van der Waals surface area contributed by atoms with Gasteiger partial charge >= 0.3 is 0 Å². The Morgan fingerprint density at radius 2 is 2.33 bits per heavy atom. The lowest BCUT2D eigenvalue weighted by molar-refractivity contribution is 0.872. The van der Waals surface area contributed by atoms with Crippen molar-refractivity contribution >= 4 is 17.3 Å². The summed E-state index contributed by atoms with van der Waals surface area (Å²) in [5.74, 6) is 0.539. The van der Waals surface area contributed by atoms with Gasteiger partial charge in [0.2, 0.25) is 0 Å². The average molecular weight is 144 g/mol. The van der Waals surface area contributed by atoms with Crippen LogP contribution >= 0.6 is 11.6 Å². The summed E-state index contributed by atoms with van der Waals surface area (Å²) in [7, 11) is 0. The number of halogens is 1. The molecule has 1 nitrogen and oxygen atoms in total. The largest absolute Gasteiger partial charge is 0.264 e. The SMILES string of the molecule is CC(C)C1=NC=C(Cl)C1. The molecule has 0 N–H and O–H groups in total. The highest BCUT2D eigenvalue weighted by atomic mass is 35.5. The minimum Gasteiger partial charge on any atom is -0.264 e. The maximum Gasteiger partial charge on any atom is 0.0419 e. The molecule has 0 fully saturated rings. The minimum atomic E-state index is 0.539. The zero-order valence-electron chi connectivity index (χ0n) is 5.69. The third-order valence-corrected chi connectivity index (χ3v) is 1.62. The molecule has 1 aliphatic heterocycles. The highest BCUT2D eigenvalue weighted by molar-refractivity contribution is 6.31. The molecule has 0 spiro atoms. The second kappa shape index (κ2) is 2.53. The van der Waals surface area contributed by atoms with Gasteiger partial charge in [0, 0.05) is 23.4 Å². The van der Waals surface area contributed by atoms with E-state index in [4.69, 9.17) is 11.6 Å². The van der Waals surface area contributed by atoms with E-state index in [0.29, 0.717) is 5.92 Å². The van der Waals surface area contributed by atoms with Gasteiger partial charge in [0.1, 0.15) is 0 Å². The van der Waals surface area contributed by atoms with Crippen molar-refractivity contribution in [3.8, 4) is 0 Å². The Balaban J connectivity index is 2.54. The molecule has 0 radical (unpaired) electrons. The third-order valence-electron chi connectivity index (χ3n) is 1.39. The minimum absolute atomic E-state index is 0.539. The number of hydrogen-bond donors (Lipinski definition) is 0. The van der Waals surface area contributed by atoms with Gasteiger partial charge in [-0.05, 0) is 5.92 Å². The molecule has 0 bridgehead atoms. The Morgan fingerprint density at radius 1 is 1.67 bits per heavy atom. The van der Waals surface area contributed by atoms with Crippen molar-refractivity contribution in [3.05, 3.63) is 11.2 Å². The fourth-order valence-corrected chi connectivity index (χ4v) is 0.956. The van der Waals surface area contributed by atoms with Crippen molar-refractivity contribution in [2.45, 2.75) is 20.3 Å². The highest BCUT2D eigenvalue weighted by Crippen LogP contribution is 2.19. The Hall–Kier alpha value is -0.300. The van der Waals surface area contributed by atoms with Crippen LogP contribution in [-0.4, -0.2) is 5.71 Å². The Labute approximate surface area is 60.4 Å². The summed E-state index contributed by atoms with van der Waals surface area (Å²) in [6, 6.07) is 0. The second-order valence-electron chi connectivity index (χ2n) is 2.53. The Bertz CT molecular complexity index is 168. The molecule has 1 heterocycles. The quantitative estimate of drug-likeness (QED) is 0.535. The molecule has 0 amide bonds. The van der Waals surface area contributed by atoms with Gasteiger partial charge in [0.15, 0.2) is 0 Å². The first-order valence-electron chi connectivity index (χ1n) is 3.11. The molecule has 1 rings (SSSR count). The van der Waals surface area contributed by atoms with Crippen molar-refractivity contribution in [2.75, 3.05) is 0 Å². The summed E-state index contributed by atoms with van der Waals surface area (Å²) in [4.78, 5) is 4.14. The van der Waals surface area contributed by atoms with Gasteiger partial charge in [0.05, 0.1) is 0 Å². The van der Waals surface area contributed by atoms with Crippen LogP contribution in [-0.2, 0) is 0 Å². The molecule has 2 heteroatoms. The fraction of sp³-hybridized carbons (Fsp3) is 0.571. The number of nitrogens with zero attached hydrogens (tertiary/aromatic N) is 1. The topological polar surface area (TPSA) is 12.4 Å². The van der Waals surface area contributed by atoms with Gasteiger partial charge in [-0.3, -0.25) is 4.99 Å². The first-order valence-corrected chi connectivity index (χ1v) is 3.49. The van der Waals surface area contributed by atoms with Gasteiger partial charge in [0.25, 0.3) is 0 Å². The van der Waals surface area contributed by atoms with Crippen LogP contribution < -0.4 is 0 Å². The molecule has 0 saturated carbocycles. The maximum atomic E-state index is 5.70. The lowest BCUT2D eigenvalue weighted by atomic mass is 10.1. The molecule has 9 heavy (non-hydrogen) atoms. The van der Waals surface area contributed by atoms with Crippen LogP contribution in [0.2, 0.25) is 0 Å². The number of hydrogen-bond acceptors (Lipinski definition) is 1. The Kier molecular flexibility index (Phi) is 1.91. The van der Waals surface area contributed by atoms with Crippen LogP contribution in [0.4, 0.5) is 0 Å². The summed E-state index contributed by atoms with van der Waals surface area (Å²) in [5.41, 5.74) is 1.19. The van der Waals surface area contributed by atoms with Gasteiger partial charge < -0.3 is 0 Å². The first kappa shape index (κ1) is 6.81. The van der Waals surface area contributed by atoms with Crippen molar-refractivity contribution in [1.82, 2.24) is 0 Å². The fourth-order valence-electron chi connectivity index (χ4n) is 0.770. The monoisotopic (exact) mass is 143 g/mol. The van der Waals surface area contributed by atoms with Crippen molar-refractivity contribution in [3.63, 3.8) is 0 Å². The summed E-state index contributed by atoms with van der Waals surface area (Å²) < 4.78 is 0. The first-order chi connectivity index (χ1) is 4.20. The summed E-state index contributed by atoms with van der Waals surface area (Å²) in [6.45, 7) is 4.25. The lowest BCUT2D eigenvalue weighted by Crippen LogP contribution is -2.03. The number of allylic oxidation sites excluding steroid dienone is 1. The van der Waals surface area contributed by atoms with Crippen LogP contribution in [0.5, 0.6) is 0 Å². The van der Waals surface area contributed by atoms with Gasteiger partial charge in [-0.2, -0.15) is 0 Å².